The van der Waals surface area contributed by atoms with Crippen LogP contribution in [0.2, 0.25) is 0 Å². The quantitative estimate of drug-likeness (QED) is 0.657. The van der Waals surface area contributed by atoms with Gasteiger partial charge in [-0.1, -0.05) is 0 Å². The number of primary sulfonamides is 1. The summed E-state index contributed by atoms with van der Waals surface area (Å²) in [6.07, 6.45) is 1.72. The number of Topliss-reactive ketones (excluding diaryl/α,β-unsaturated/α-hetero) is 1. The van der Waals surface area contributed by atoms with E-state index in [4.69, 9.17) is 10.9 Å². The number of hydrogen-bond acceptors (Lipinski definition) is 7. The third kappa shape index (κ3) is 3.48. The van der Waals surface area contributed by atoms with Crippen LogP contribution in [0, 0.1) is 11.3 Å². The summed E-state index contributed by atoms with van der Waals surface area (Å²) in [4.78, 5) is 15.5. The molecule has 0 saturated carbocycles. The zero-order valence-corrected chi connectivity index (χ0v) is 18.9. The number of ketones is 1. The van der Waals surface area contributed by atoms with E-state index < -0.39 is 15.9 Å². The van der Waals surface area contributed by atoms with Crippen molar-refractivity contribution in [1.82, 2.24) is 0 Å². The maximum atomic E-state index is 13.0. The van der Waals surface area contributed by atoms with Crippen LogP contribution in [0.25, 0.3) is 0 Å². The number of benzene rings is 1. The van der Waals surface area contributed by atoms with E-state index in [0.29, 0.717) is 36.1 Å². The molecule has 7 nitrogen and oxygen atoms in total. The number of rotatable bonds is 3. The summed E-state index contributed by atoms with van der Waals surface area (Å²) >= 11 is 4.91. The molecule has 1 unspecified atom stereocenters. The highest BCUT2D eigenvalue weighted by Gasteiger charge is 2.40. The molecule has 10 heteroatoms. The molecule has 1 aromatic heterocycles. The predicted octanol–water partition coefficient (Wildman–Crippen LogP) is 3.46. The smallest absolute Gasteiger partial charge is 0.238 e. The Bertz CT molecular complexity index is 1250. The summed E-state index contributed by atoms with van der Waals surface area (Å²) in [7, 11) is -3.84. The van der Waals surface area contributed by atoms with E-state index in [1.165, 1.54) is 23.5 Å². The molecule has 30 heavy (non-hydrogen) atoms. The number of allylic oxidation sites excluding steroid dienone is 3. The molecule has 2 aromatic rings. The summed E-state index contributed by atoms with van der Waals surface area (Å²) in [5, 5.41) is 15.1. The SMILES string of the molecule is N#CC1=C(N)N(c2ccc(S(N)(=O)=O)cc2)C2=C(C(=O)CCC2)C1c1ccc(Br)s1. The van der Waals surface area contributed by atoms with E-state index >= 15 is 0 Å². The number of nitrogens with zero attached hydrogens (tertiary/aromatic N) is 2. The standard InChI is InChI=1S/C20H17BrN4O3S2/c21-17-9-8-16(29-17)18-13(10-22)20(23)25(14-2-1-3-15(26)19(14)18)11-4-6-12(7-5-11)30(24,27)28/h4-9,18H,1-3,23H2,(H2,24,27,28). The molecule has 0 amide bonds. The lowest BCUT2D eigenvalue weighted by atomic mass is 9.78. The molecule has 1 atom stereocenters. The number of anilines is 1. The summed E-state index contributed by atoms with van der Waals surface area (Å²) in [5.74, 6) is -0.268. The van der Waals surface area contributed by atoms with Crippen molar-refractivity contribution in [3.63, 3.8) is 0 Å². The topological polar surface area (TPSA) is 130 Å². The van der Waals surface area contributed by atoms with Gasteiger partial charge in [0.2, 0.25) is 10.0 Å². The second kappa shape index (κ2) is 7.67. The molecular formula is C20H17BrN4O3S2. The van der Waals surface area contributed by atoms with Gasteiger partial charge in [0.05, 0.1) is 26.2 Å². The fourth-order valence-electron chi connectivity index (χ4n) is 3.93. The van der Waals surface area contributed by atoms with Crippen molar-refractivity contribution in [2.45, 2.75) is 30.1 Å². The Morgan fingerprint density at radius 3 is 2.43 bits per heavy atom. The van der Waals surface area contributed by atoms with Gasteiger partial charge in [-0.05, 0) is 65.2 Å². The van der Waals surface area contributed by atoms with E-state index in [-0.39, 0.29) is 16.5 Å². The number of nitriles is 1. The molecule has 1 aliphatic heterocycles. The monoisotopic (exact) mass is 504 g/mol. The highest BCUT2D eigenvalue weighted by Crippen LogP contribution is 2.48. The number of sulfonamides is 1. The summed E-state index contributed by atoms with van der Waals surface area (Å²) < 4.78 is 24.1. The van der Waals surface area contributed by atoms with Gasteiger partial charge in [-0.3, -0.25) is 9.69 Å². The largest absolute Gasteiger partial charge is 0.384 e. The van der Waals surface area contributed by atoms with Crippen molar-refractivity contribution >= 4 is 48.8 Å². The second-order valence-corrected chi connectivity index (χ2v) is 11.1. The number of carbonyl (C=O) groups is 1. The molecule has 1 aromatic carbocycles. The number of thiophene rings is 1. The van der Waals surface area contributed by atoms with Crippen molar-refractivity contribution in [3.05, 3.63) is 67.7 Å². The van der Waals surface area contributed by atoms with Crippen LogP contribution in [0.1, 0.15) is 30.1 Å². The van der Waals surface area contributed by atoms with Crippen molar-refractivity contribution in [2.75, 3.05) is 4.90 Å². The van der Waals surface area contributed by atoms with Gasteiger partial charge in [-0.25, -0.2) is 13.6 Å². The van der Waals surface area contributed by atoms with Crippen LogP contribution < -0.4 is 15.8 Å². The van der Waals surface area contributed by atoms with Crippen molar-refractivity contribution in [3.8, 4) is 6.07 Å². The molecule has 0 fully saturated rings. The van der Waals surface area contributed by atoms with Crippen molar-refractivity contribution in [1.29, 1.82) is 5.26 Å². The minimum absolute atomic E-state index is 0.00261. The molecule has 0 bridgehead atoms. The fraction of sp³-hybridized carbons (Fsp3) is 0.200. The predicted molar refractivity (Wildman–Crippen MR) is 118 cm³/mol. The second-order valence-electron chi connectivity index (χ2n) is 7.00. The van der Waals surface area contributed by atoms with Crippen LogP contribution in [0.3, 0.4) is 0 Å². The van der Waals surface area contributed by atoms with Crippen LogP contribution in [0.4, 0.5) is 5.69 Å². The fourth-order valence-corrected chi connectivity index (χ4v) is 5.99. The van der Waals surface area contributed by atoms with Crippen LogP contribution >= 0.6 is 27.3 Å². The number of nitrogens with two attached hydrogens (primary N) is 2. The van der Waals surface area contributed by atoms with Gasteiger partial charge >= 0.3 is 0 Å². The summed E-state index contributed by atoms with van der Waals surface area (Å²) in [5.41, 5.74) is 8.67. The Morgan fingerprint density at radius 2 is 1.87 bits per heavy atom. The first-order valence-corrected chi connectivity index (χ1v) is 12.2. The Kier molecular flexibility index (Phi) is 5.32. The van der Waals surface area contributed by atoms with Crippen LogP contribution in [0.15, 0.2) is 67.7 Å². The van der Waals surface area contributed by atoms with Crippen molar-refractivity contribution in [2.24, 2.45) is 10.9 Å². The molecule has 154 valence electrons. The van der Waals surface area contributed by atoms with E-state index in [0.717, 1.165) is 14.4 Å². The van der Waals surface area contributed by atoms with Gasteiger partial charge in [-0.15, -0.1) is 11.3 Å². The normalized spacial score (nSPS) is 19.7. The van der Waals surface area contributed by atoms with Crippen LogP contribution in [-0.4, -0.2) is 14.2 Å². The average Bonchev–Trinajstić information content (AvgIpc) is 3.13. The Hall–Kier alpha value is -2.45. The highest BCUT2D eigenvalue weighted by molar-refractivity contribution is 9.11. The maximum absolute atomic E-state index is 13.0. The zero-order valence-electron chi connectivity index (χ0n) is 15.6. The first-order valence-electron chi connectivity index (χ1n) is 9.06. The van der Waals surface area contributed by atoms with Gasteiger partial charge in [0.25, 0.3) is 0 Å². The first-order chi connectivity index (χ1) is 14.2. The minimum atomic E-state index is -3.84. The molecule has 0 spiro atoms. The molecular weight excluding hydrogens is 488 g/mol. The van der Waals surface area contributed by atoms with Crippen molar-refractivity contribution < 1.29 is 13.2 Å². The van der Waals surface area contributed by atoms with Gasteiger partial charge in [0.15, 0.2) is 5.78 Å². The first kappa shape index (κ1) is 20.8. The van der Waals surface area contributed by atoms with Gasteiger partial charge < -0.3 is 5.73 Å². The summed E-state index contributed by atoms with van der Waals surface area (Å²) in [6.45, 7) is 0. The molecule has 1 aliphatic carbocycles. The molecule has 2 aliphatic rings. The highest BCUT2D eigenvalue weighted by atomic mass is 79.9. The third-order valence-corrected chi connectivity index (χ3v) is 7.83. The molecule has 4 N–H and O–H groups in total. The maximum Gasteiger partial charge on any atom is 0.238 e. The van der Waals surface area contributed by atoms with E-state index in [2.05, 4.69) is 22.0 Å². The number of halogens is 1. The molecule has 4 rings (SSSR count). The molecule has 0 saturated heterocycles. The third-order valence-electron chi connectivity index (χ3n) is 5.22. The molecule has 2 heterocycles. The minimum Gasteiger partial charge on any atom is -0.384 e. The Morgan fingerprint density at radius 1 is 1.17 bits per heavy atom. The van der Waals surface area contributed by atoms with Gasteiger partial charge in [0, 0.05) is 28.3 Å². The van der Waals surface area contributed by atoms with Gasteiger partial charge in [0.1, 0.15) is 5.82 Å². The van der Waals surface area contributed by atoms with E-state index in [9.17, 15) is 18.5 Å². The number of carbonyl (C=O) groups excluding carboxylic acids is 1. The Labute approximate surface area is 186 Å². The molecule has 0 radical (unpaired) electrons. The number of hydrogen-bond donors (Lipinski definition) is 2. The van der Waals surface area contributed by atoms with Gasteiger partial charge in [-0.2, -0.15) is 5.26 Å². The lowest BCUT2D eigenvalue weighted by Gasteiger charge is -2.39. The van der Waals surface area contributed by atoms with E-state index in [1.54, 1.807) is 17.0 Å². The average molecular weight is 505 g/mol. The summed E-state index contributed by atoms with van der Waals surface area (Å²) in [6, 6.07) is 11.9. The van der Waals surface area contributed by atoms with Crippen LogP contribution in [0.5, 0.6) is 0 Å². The lowest BCUT2D eigenvalue weighted by Crippen LogP contribution is -2.38. The van der Waals surface area contributed by atoms with Crippen LogP contribution in [-0.2, 0) is 14.8 Å². The Balaban J connectivity index is 1.92. The van der Waals surface area contributed by atoms with E-state index in [1.807, 2.05) is 12.1 Å². The zero-order chi connectivity index (χ0) is 21.6. The lowest BCUT2D eigenvalue weighted by molar-refractivity contribution is -0.116.